The monoisotopic (exact) mass is 464 g/mol. The third-order valence-corrected chi connectivity index (χ3v) is 6.04. The molecule has 5 rings (SSSR count). The van der Waals surface area contributed by atoms with Crippen molar-refractivity contribution in [2.45, 2.75) is 32.9 Å². The molecule has 0 radical (unpaired) electrons. The molecule has 1 heterocycles. The number of hydrogen-bond acceptors (Lipinski definition) is 4. The molecule has 0 aliphatic heterocycles. The van der Waals surface area contributed by atoms with E-state index in [1.165, 1.54) is 0 Å². The third-order valence-electron chi connectivity index (χ3n) is 6.04. The number of nitrogens with zero attached hydrogens (tertiary/aromatic N) is 2. The van der Waals surface area contributed by atoms with Crippen LogP contribution in [0, 0.1) is 0 Å². The van der Waals surface area contributed by atoms with E-state index >= 15 is 0 Å². The average Bonchev–Trinajstić information content (AvgIpc) is 3.26. The largest absolute Gasteiger partial charge is 0.489 e. The van der Waals surface area contributed by atoms with Crippen LogP contribution in [0.4, 0.5) is 0 Å². The predicted molar refractivity (Wildman–Crippen MR) is 139 cm³/mol. The lowest BCUT2D eigenvalue weighted by Crippen LogP contribution is -2.07. The molecule has 0 saturated carbocycles. The SMILES string of the molecule is CCOC(=O)CCCn1c(-c2ccc3cc(OCc4ccccc4)ccc3c2)nc2ccccc21. The number of ether oxygens (including phenoxy) is 2. The van der Waals surface area contributed by atoms with E-state index in [0.29, 0.717) is 32.6 Å². The summed E-state index contributed by atoms with van der Waals surface area (Å²) in [5.41, 5.74) is 4.20. The van der Waals surface area contributed by atoms with Gasteiger partial charge in [0, 0.05) is 18.5 Å². The fourth-order valence-corrected chi connectivity index (χ4v) is 4.33. The molecule has 5 nitrogen and oxygen atoms in total. The minimum atomic E-state index is -0.158. The first-order chi connectivity index (χ1) is 17.2. The van der Waals surface area contributed by atoms with Crippen LogP contribution in [-0.2, 0) is 22.7 Å². The molecule has 0 N–H and O–H groups in total. The molecular formula is C30H28N2O3. The molecule has 0 amide bonds. The van der Waals surface area contributed by atoms with Crippen molar-refractivity contribution in [1.82, 2.24) is 9.55 Å². The summed E-state index contributed by atoms with van der Waals surface area (Å²) in [7, 11) is 0. The summed E-state index contributed by atoms with van der Waals surface area (Å²) < 4.78 is 13.3. The highest BCUT2D eigenvalue weighted by molar-refractivity contribution is 5.89. The highest BCUT2D eigenvalue weighted by Crippen LogP contribution is 2.30. The normalized spacial score (nSPS) is 11.1. The van der Waals surface area contributed by atoms with Crippen molar-refractivity contribution in [2.75, 3.05) is 6.61 Å². The number of carbonyl (C=O) groups is 1. The zero-order valence-electron chi connectivity index (χ0n) is 19.8. The zero-order chi connectivity index (χ0) is 24.0. The molecule has 0 fully saturated rings. The Labute approximate surface area is 204 Å². The Hall–Kier alpha value is -4.12. The van der Waals surface area contributed by atoms with Crippen LogP contribution in [0.15, 0.2) is 91.0 Å². The molecule has 0 unspecified atom stereocenters. The highest BCUT2D eigenvalue weighted by atomic mass is 16.5. The standard InChI is InChI=1S/C30H28N2O3/c1-2-34-29(33)13-8-18-32-28-12-7-6-11-27(28)31-30(32)25-15-14-24-20-26(17-16-23(24)19-25)35-21-22-9-4-3-5-10-22/h3-7,9-12,14-17,19-20H,2,8,13,18,21H2,1H3. The second kappa shape index (κ2) is 10.4. The first kappa shape index (κ1) is 22.7. The van der Waals surface area contributed by atoms with Gasteiger partial charge in [-0.2, -0.15) is 0 Å². The third kappa shape index (κ3) is 5.19. The van der Waals surface area contributed by atoms with Crippen LogP contribution in [0.3, 0.4) is 0 Å². The molecule has 5 heteroatoms. The van der Waals surface area contributed by atoms with E-state index in [1.807, 2.05) is 49.4 Å². The smallest absolute Gasteiger partial charge is 0.305 e. The Balaban J connectivity index is 1.40. The number of hydrogen-bond donors (Lipinski definition) is 0. The molecule has 5 aromatic rings. The summed E-state index contributed by atoms with van der Waals surface area (Å²) in [4.78, 5) is 16.8. The van der Waals surface area contributed by atoms with Crippen molar-refractivity contribution < 1.29 is 14.3 Å². The summed E-state index contributed by atoms with van der Waals surface area (Å²) in [6.45, 7) is 3.48. The van der Waals surface area contributed by atoms with E-state index in [2.05, 4.69) is 53.1 Å². The van der Waals surface area contributed by atoms with Gasteiger partial charge in [0.05, 0.1) is 17.6 Å². The number of carbonyl (C=O) groups excluding carboxylic acids is 1. The predicted octanol–water partition coefficient (Wildman–Crippen LogP) is 6.78. The van der Waals surface area contributed by atoms with Crippen LogP contribution < -0.4 is 4.74 Å². The van der Waals surface area contributed by atoms with E-state index in [-0.39, 0.29) is 5.97 Å². The minimum absolute atomic E-state index is 0.158. The number of imidazole rings is 1. The molecule has 0 atom stereocenters. The maximum absolute atomic E-state index is 11.8. The summed E-state index contributed by atoms with van der Waals surface area (Å²) >= 11 is 0. The number of rotatable bonds is 9. The second-order valence-electron chi connectivity index (χ2n) is 8.48. The second-order valence-corrected chi connectivity index (χ2v) is 8.48. The Morgan fingerprint density at radius 2 is 1.66 bits per heavy atom. The molecule has 4 aromatic carbocycles. The fraction of sp³-hybridized carbons (Fsp3) is 0.200. The van der Waals surface area contributed by atoms with Gasteiger partial charge in [0.2, 0.25) is 0 Å². The van der Waals surface area contributed by atoms with Crippen LogP contribution in [0.1, 0.15) is 25.3 Å². The van der Waals surface area contributed by atoms with Gasteiger partial charge in [-0.3, -0.25) is 4.79 Å². The van der Waals surface area contributed by atoms with Gasteiger partial charge in [0.15, 0.2) is 0 Å². The lowest BCUT2D eigenvalue weighted by molar-refractivity contribution is -0.143. The highest BCUT2D eigenvalue weighted by Gasteiger charge is 2.14. The van der Waals surface area contributed by atoms with Crippen molar-refractivity contribution in [3.63, 3.8) is 0 Å². The van der Waals surface area contributed by atoms with Gasteiger partial charge in [-0.15, -0.1) is 0 Å². The molecule has 35 heavy (non-hydrogen) atoms. The fourth-order valence-electron chi connectivity index (χ4n) is 4.33. The molecule has 176 valence electrons. The van der Waals surface area contributed by atoms with Gasteiger partial charge in [0.1, 0.15) is 18.2 Å². The molecular weight excluding hydrogens is 436 g/mol. The van der Waals surface area contributed by atoms with Gasteiger partial charge in [-0.05, 0) is 60.0 Å². The van der Waals surface area contributed by atoms with Gasteiger partial charge in [0.25, 0.3) is 0 Å². The molecule has 0 bridgehead atoms. The molecule has 0 saturated heterocycles. The van der Waals surface area contributed by atoms with Crippen molar-refractivity contribution in [1.29, 1.82) is 0 Å². The molecule has 0 spiro atoms. The van der Waals surface area contributed by atoms with Crippen molar-refractivity contribution in [3.05, 3.63) is 96.6 Å². The van der Waals surface area contributed by atoms with Gasteiger partial charge in [-0.25, -0.2) is 4.98 Å². The maximum Gasteiger partial charge on any atom is 0.305 e. The van der Waals surface area contributed by atoms with Crippen molar-refractivity contribution >= 4 is 27.8 Å². The maximum atomic E-state index is 11.8. The number of fused-ring (bicyclic) bond motifs is 2. The van der Waals surface area contributed by atoms with Gasteiger partial charge >= 0.3 is 5.97 Å². The molecule has 0 aliphatic rings. The number of aryl methyl sites for hydroxylation is 1. The quantitative estimate of drug-likeness (QED) is 0.226. The minimum Gasteiger partial charge on any atom is -0.489 e. The van der Waals surface area contributed by atoms with Crippen LogP contribution >= 0.6 is 0 Å². The van der Waals surface area contributed by atoms with E-state index in [0.717, 1.165) is 44.5 Å². The Morgan fingerprint density at radius 3 is 2.51 bits per heavy atom. The number of esters is 1. The van der Waals surface area contributed by atoms with E-state index in [9.17, 15) is 4.79 Å². The van der Waals surface area contributed by atoms with Crippen molar-refractivity contribution in [3.8, 4) is 17.1 Å². The van der Waals surface area contributed by atoms with Crippen LogP contribution in [0.25, 0.3) is 33.2 Å². The Kier molecular flexibility index (Phi) is 6.75. The van der Waals surface area contributed by atoms with E-state index in [1.54, 1.807) is 0 Å². The molecule has 0 aliphatic carbocycles. The lowest BCUT2D eigenvalue weighted by Gasteiger charge is -2.11. The number of benzene rings is 4. The van der Waals surface area contributed by atoms with Crippen LogP contribution in [0.5, 0.6) is 5.75 Å². The lowest BCUT2D eigenvalue weighted by atomic mass is 10.1. The van der Waals surface area contributed by atoms with Crippen LogP contribution in [-0.4, -0.2) is 22.1 Å². The summed E-state index contributed by atoms with van der Waals surface area (Å²) in [6, 6.07) is 30.8. The average molecular weight is 465 g/mol. The number of para-hydroxylation sites is 2. The van der Waals surface area contributed by atoms with Crippen LogP contribution in [0.2, 0.25) is 0 Å². The zero-order valence-corrected chi connectivity index (χ0v) is 19.8. The first-order valence-electron chi connectivity index (χ1n) is 12.0. The van der Waals surface area contributed by atoms with E-state index < -0.39 is 0 Å². The summed E-state index contributed by atoms with van der Waals surface area (Å²) in [6.07, 6.45) is 1.09. The van der Waals surface area contributed by atoms with E-state index in [4.69, 9.17) is 14.5 Å². The van der Waals surface area contributed by atoms with Crippen molar-refractivity contribution in [2.24, 2.45) is 0 Å². The molecule has 1 aromatic heterocycles. The Bertz CT molecular complexity index is 1460. The van der Waals surface area contributed by atoms with Gasteiger partial charge < -0.3 is 14.0 Å². The Morgan fingerprint density at radius 1 is 0.886 bits per heavy atom. The summed E-state index contributed by atoms with van der Waals surface area (Å²) in [5, 5.41) is 2.24. The topological polar surface area (TPSA) is 53.4 Å². The first-order valence-corrected chi connectivity index (χ1v) is 12.0. The number of aromatic nitrogens is 2. The summed E-state index contributed by atoms with van der Waals surface area (Å²) in [5.74, 6) is 1.59. The van der Waals surface area contributed by atoms with Gasteiger partial charge in [-0.1, -0.05) is 60.7 Å².